The monoisotopic (exact) mass is 422 g/mol. The third kappa shape index (κ3) is 4.99. The number of hydrogen-bond acceptors (Lipinski definition) is 6. The SMILES string of the molecule is CCCNc1ncc(-c2cccnc2-c2ccc(OCCN3CCCC3)cc2C)s1. The van der Waals surface area contributed by atoms with Crippen molar-refractivity contribution < 1.29 is 4.74 Å². The smallest absolute Gasteiger partial charge is 0.183 e. The van der Waals surface area contributed by atoms with E-state index >= 15 is 0 Å². The second-order valence-electron chi connectivity index (χ2n) is 7.73. The quantitative estimate of drug-likeness (QED) is 0.495. The molecule has 0 amide bonds. The van der Waals surface area contributed by atoms with Gasteiger partial charge in [0.1, 0.15) is 12.4 Å². The van der Waals surface area contributed by atoms with Gasteiger partial charge in [-0.15, -0.1) is 0 Å². The highest BCUT2D eigenvalue weighted by molar-refractivity contribution is 7.18. The summed E-state index contributed by atoms with van der Waals surface area (Å²) in [5.41, 5.74) is 4.41. The number of nitrogens with zero attached hydrogens (tertiary/aromatic N) is 3. The average molecular weight is 423 g/mol. The minimum Gasteiger partial charge on any atom is -0.492 e. The van der Waals surface area contributed by atoms with Gasteiger partial charge in [0.05, 0.1) is 10.6 Å². The van der Waals surface area contributed by atoms with Crippen molar-refractivity contribution in [3.63, 3.8) is 0 Å². The van der Waals surface area contributed by atoms with Crippen molar-refractivity contribution in [3.05, 3.63) is 48.3 Å². The van der Waals surface area contributed by atoms with Crippen molar-refractivity contribution in [2.75, 3.05) is 38.1 Å². The van der Waals surface area contributed by atoms with Crippen molar-refractivity contribution in [2.24, 2.45) is 0 Å². The Hall–Kier alpha value is -2.44. The van der Waals surface area contributed by atoms with E-state index in [2.05, 4.69) is 53.3 Å². The number of benzene rings is 1. The van der Waals surface area contributed by atoms with Crippen LogP contribution in [0.4, 0.5) is 5.13 Å². The highest BCUT2D eigenvalue weighted by Crippen LogP contribution is 2.37. The van der Waals surface area contributed by atoms with Crippen molar-refractivity contribution >= 4 is 16.5 Å². The van der Waals surface area contributed by atoms with Gasteiger partial charge in [-0.3, -0.25) is 9.88 Å². The molecule has 5 nitrogen and oxygen atoms in total. The van der Waals surface area contributed by atoms with Crippen LogP contribution < -0.4 is 10.1 Å². The molecule has 0 saturated carbocycles. The minimum atomic E-state index is 0.738. The number of likely N-dealkylation sites (tertiary alicyclic amines) is 1. The zero-order valence-corrected chi connectivity index (χ0v) is 18.7. The number of nitrogens with one attached hydrogen (secondary N) is 1. The summed E-state index contributed by atoms with van der Waals surface area (Å²) in [6.45, 7) is 9.37. The fraction of sp³-hybridized carbons (Fsp3) is 0.417. The number of pyridine rings is 1. The normalized spacial score (nSPS) is 14.2. The molecule has 2 aromatic heterocycles. The zero-order chi connectivity index (χ0) is 20.8. The summed E-state index contributed by atoms with van der Waals surface area (Å²) in [6.07, 6.45) is 7.51. The Morgan fingerprint density at radius 2 is 2.00 bits per heavy atom. The van der Waals surface area contributed by atoms with E-state index < -0.39 is 0 Å². The second kappa shape index (κ2) is 10.0. The first kappa shape index (κ1) is 20.8. The summed E-state index contributed by atoms with van der Waals surface area (Å²) in [7, 11) is 0. The first-order valence-corrected chi connectivity index (χ1v) is 11.7. The first-order chi connectivity index (χ1) is 14.7. The Kier molecular flexibility index (Phi) is 6.97. The van der Waals surface area contributed by atoms with Crippen LogP contribution in [0.2, 0.25) is 0 Å². The van der Waals surface area contributed by atoms with E-state index in [1.54, 1.807) is 11.3 Å². The van der Waals surface area contributed by atoms with Gasteiger partial charge in [-0.2, -0.15) is 0 Å². The van der Waals surface area contributed by atoms with Crippen LogP contribution >= 0.6 is 11.3 Å². The summed E-state index contributed by atoms with van der Waals surface area (Å²) in [5, 5.41) is 4.33. The summed E-state index contributed by atoms with van der Waals surface area (Å²) in [5.74, 6) is 0.928. The number of ether oxygens (including phenoxy) is 1. The maximum Gasteiger partial charge on any atom is 0.183 e. The van der Waals surface area contributed by atoms with E-state index in [0.29, 0.717) is 0 Å². The summed E-state index contributed by atoms with van der Waals surface area (Å²) >= 11 is 1.68. The molecule has 1 saturated heterocycles. The molecule has 4 rings (SSSR count). The molecule has 0 bridgehead atoms. The van der Waals surface area contributed by atoms with Crippen LogP contribution in [0, 0.1) is 6.92 Å². The first-order valence-electron chi connectivity index (χ1n) is 10.9. The second-order valence-corrected chi connectivity index (χ2v) is 8.76. The van der Waals surface area contributed by atoms with Crippen molar-refractivity contribution in [1.29, 1.82) is 0 Å². The lowest BCUT2D eigenvalue weighted by molar-refractivity contribution is 0.237. The molecule has 1 aliphatic heterocycles. The number of aryl methyl sites for hydroxylation is 1. The lowest BCUT2D eigenvalue weighted by Gasteiger charge is -2.16. The fourth-order valence-corrected chi connectivity index (χ4v) is 4.69. The topological polar surface area (TPSA) is 50.3 Å². The van der Waals surface area contributed by atoms with Gasteiger partial charge in [0.2, 0.25) is 0 Å². The molecule has 3 heterocycles. The Bertz CT molecular complexity index is 965. The van der Waals surface area contributed by atoms with Gasteiger partial charge in [0.15, 0.2) is 5.13 Å². The fourth-order valence-electron chi connectivity index (χ4n) is 3.82. The Labute approximate surface area is 183 Å². The van der Waals surface area contributed by atoms with Crippen molar-refractivity contribution in [2.45, 2.75) is 33.1 Å². The molecule has 1 N–H and O–H groups in total. The molecular formula is C24H30N4OS. The molecule has 1 aromatic carbocycles. The predicted octanol–water partition coefficient (Wildman–Crippen LogP) is 5.48. The maximum absolute atomic E-state index is 6.02. The van der Waals surface area contributed by atoms with Gasteiger partial charge in [0, 0.05) is 36.6 Å². The van der Waals surface area contributed by atoms with Crippen LogP contribution in [-0.2, 0) is 0 Å². The molecule has 0 atom stereocenters. The number of aromatic nitrogens is 2. The summed E-state index contributed by atoms with van der Waals surface area (Å²) in [4.78, 5) is 12.8. The third-order valence-electron chi connectivity index (χ3n) is 5.43. The minimum absolute atomic E-state index is 0.738. The average Bonchev–Trinajstić information content (AvgIpc) is 3.45. The maximum atomic E-state index is 6.02. The Balaban J connectivity index is 1.50. The van der Waals surface area contributed by atoms with Crippen molar-refractivity contribution in [1.82, 2.24) is 14.9 Å². The van der Waals surface area contributed by atoms with Crippen molar-refractivity contribution in [3.8, 4) is 27.4 Å². The zero-order valence-electron chi connectivity index (χ0n) is 17.9. The Morgan fingerprint density at radius 3 is 2.80 bits per heavy atom. The molecule has 0 spiro atoms. The van der Waals surface area contributed by atoms with Crippen LogP contribution in [0.15, 0.2) is 42.7 Å². The van der Waals surface area contributed by atoms with Gasteiger partial charge in [-0.05, 0) is 75.2 Å². The van der Waals surface area contributed by atoms with E-state index in [9.17, 15) is 0 Å². The Morgan fingerprint density at radius 1 is 1.13 bits per heavy atom. The van der Waals surface area contributed by atoms with E-state index in [0.717, 1.165) is 58.7 Å². The standard InChI is InChI=1S/C24H30N4OS/c1-3-10-26-24-27-17-22(30-24)21-7-6-11-25-23(21)20-9-8-19(16-18(20)2)29-15-14-28-12-4-5-13-28/h6-9,11,16-17H,3-5,10,12-15H2,1-2H3,(H,26,27). The number of anilines is 1. The molecule has 0 aliphatic carbocycles. The van der Waals surface area contributed by atoms with E-state index in [1.165, 1.54) is 31.5 Å². The van der Waals surface area contributed by atoms with E-state index in [-0.39, 0.29) is 0 Å². The van der Waals surface area contributed by atoms with Gasteiger partial charge in [0.25, 0.3) is 0 Å². The summed E-state index contributed by atoms with van der Waals surface area (Å²) < 4.78 is 6.02. The van der Waals surface area contributed by atoms with E-state index in [4.69, 9.17) is 9.72 Å². The molecule has 0 radical (unpaired) electrons. The number of thiazole rings is 1. The third-order valence-corrected chi connectivity index (χ3v) is 6.42. The molecule has 3 aromatic rings. The molecule has 0 unspecified atom stereocenters. The molecule has 158 valence electrons. The molecule has 30 heavy (non-hydrogen) atoms. The van der Waals surface area contributed by atoms with E-state index in [1.807, 2.05) is 18.5 Å². The molecular weight excluding hydrogens is 392 g/mol. The lowest BCUT2D eigenvalue weighted by Crippen LogP contribution is -2.25. The van der Waals surface area contributed by atoms with Crippen LogP contribution in [-0.4, -0.2) is 47.7 Å². The van der Waals surface area contributed by atoms with Gasteiger partial charge in [-0.25, -0.2) is 4.98 Å². The highest BCUT2D eigenvalue weighted by Gasteiger charge is 2.15. The molecule has 6 heteroatoms. The van der Waals surface area contributed by atoms with Gasteiger partial charge in [-0.1, -0.05) is 18.3 Å². The predicted molar refractivity (Wildman–Crippen MR) is 125 cm³/mol. The number of rotatable bonds is 9. The molecule has 1 aliphatic rings. The summed E-state index contributed by atoms with van der Waals surface area (Å²) in [6, 6.07) is 10.4. The molecule has 1 fully saturated rings. The van der Waals surface area contributed by atoms with Crippen LogP contribution in [0.5, 0.6) is 5.75 Å². The van der Waals surface area contributed by atoms with Crippen LogP contribution in [0.1, 0.15) is 31.7 Å². The van der Waals surface area contributed by atoms with Gasteiger partial charge >= 0.3 is 0 Å². The largest absolute Gasteiger partial charge is 0.492 e. The highest BCUT2D eigenvalue weighted by atomic mass is 32.1. The van der Waals surface area contributed by atoms with Gasteiger partial charge < -0.3 is 10.1 Å². The number of hydrogen-bond donors (Lipinski definition) is 1. The lowest BCUT2D eigenvalue weighted by atomic mass is 10.0. The van der Waals surface area contributed by atoms with Crippen LogP contribution in [0.3, 0.4) is 0 Å². The van der Waals surface area contributed by atoms with Crippen LogP contribution in [0.25, 0.3) is 21.7 Å².